The highest BCUT2D eigenvalue weighted by molar-refractivity contribution is 6.02. The van der Waals surface area contributed by atoms with Crippen molar-refractivity contribution in [2.24, 2.45) is 0 Å². The molecule has 0 saturated heterocycles. The molecule has 0 bridgehead atoms. The summed E-state index contributed by atoms with van der Waals surface area (Å²) in [7, 11) is 0. The third-order valence-electron chi connectivity index (χ3n) is 2.76. The molecule has 2 N–H and O–H groups in total. The van der Waals surface area contributed by atoms with Crippen molar-refractivity contribution in [2.75, 3.05) is 10.6 Å². The van der Waals surface area contributed by atoms with E-state index >= 15 is 0 Å². The molecule has 0 saturated carbocycles. The van der Waals surface area contributed by atoms with Crippen LogP contribution < -0.4 is 10.6 Å². The quantitative estimate of drug-likeness (QED) is 0.885. The lowest BCUT2D eigenvalue weighted by Gasteiger charge is -2.06. The van der Waals surface area contributed by atoms with Gasteiger partial charge in [0, 0.05) is 23.9 Å². The highest BCUT2D eigenvalue weighted by atomic mass is 16.5. The van der Waals surface area contributed by atoms with Gasteiger partial charge in [-0.25, -0.2) is 0 Å². The van der Waals surface area contributed by atoms with Gasteiger partial charge in [-0.1, -0.05) is 12.1 Å². The van der Waals surface area contributed by atoms with Crippen LogP contribution in [0.3, 0.4) is 0 Å². The number of carbonyl (C=O) groups excluding carboxylic acids is 2. The van der Waals surface area contributed by atoms with Gasteiger partial charge in [-0.2, -0.15) is 0 Å². The first-order valence-electron chi connectivity index (χ1n) is 6.73. The summed E-state index contributed by atoms with van der Waals surface area (Å²) in [5.74, 6) is -0.224. The van der Waals surface area contributed by atoms with E-state index in [1.54, 1.807) is 37.3 Å². The number of aryl methyl sites for hydroxylation is 1. The Labute approximate surface area is 122 Å². The van der Waals surface area contributed by atoms with Crippen LogP contribution in [0, 0.1) is 6.92 Å². The maximum Gasteiger partial charge on any atom is 0.294 e. The number of rotatable bonds is 5. The summed E-state index contributed by atoms with van der Waals surface area (Å²) in [5, 5.41) is 9.13. The van der Waals surface area contributed by atoms with E-state index in [0.29, 0.717) is 23.5 Å². The Kier molecular flexibility index (Phi) is 4.71. The van der Waals surface area contributed by atoms with E-state index in [2.05, 4.69) is 15.8 Å². The normalized spacial score (nSPS) is 10.2. The summed E-state index contributed by atoms with van der Waals surface area (Å²) in [6.45, 7) is 3.69. The van der Waals surface area contributed by atoms with Gasteiger partial charge in [0.05, 0.1) is 5.69 Å². The molecule has 1 aromatic heterocycles. The van der Waals surface area contributed by atoms with Gasteiger partial charge < -0.3 is 15.2 Å². The fourth-order valence-electron chi connectivity index (χ4n) is 1.75. The molecule has 0 atom stereocenters. The van der Waals surface area contributed by atoms with E-state index in [4.69, 9.17) is 4.52 Å². The zero-order valence-electron chi connectivity index (χ0n) is 12.0. The minimum absolute atomic E-state index is 0.0218. The second-order valence-electron chi connectivity index (χ2n) is 4.66. The van der Waals surface area contributed by atoms with Gasteiger partial charge in [-0.15, -0.1) is 0 Å². The molecule has 2 aromatic rings. The van der Waals surface area contributed by atoms with Crippen molar-refractivity contribution >= 4 is 23.2 Å². The molecule has 0 aliphatic heterocycles. The van der Waals surface area contributed by atoms with E-state index in [1.165, 1.54) is 0 Å². The minimum atomic E-state index is -0.363. The van der Waals surface area contributed by atoms with Crippen LogP contribution in [0.4, 0.5) is 11.4 Å². The number of nitrogens with zero attached hydrogens (tertiary/aromatic N) is 1. The highest BCUT2D eigenvalue weighted by Crippen LogP contribution is 2.15. The Morgan fingerprint density at radius 3 is 2.29 bits per heavy atom. The lowest BCUT2D eigenvalue weighted by molar-refractivity contribution is -0.116. The summed E-state index contributed by atoms with van der Waals surface area (Å²) in [6.07, 6.45) is 1.29. The number of amides is 2. The number of hydrogen-bond acceptors (Lipinski definition) is 4. The molecule has 6 heteroatoms. The van der Waals surface area contributed by atoms with Gasteiger partial charge in [-0.05, 0) is 37.6 Å². The third kappa shape index (κ3) is 4.17. The maximum atomic E-state index is 11.9. The molecule has 0 spiro atoms. The van der Waals surface area contributed by atoms with Gasteiger partial charge in [0.15, 0.2) is 0 Å². The molecule has 0 radical (unpaired) electrons. The van der Waals surface area contributed by atoms with Crippen molar-refractivity contribution in [3.05, 3.63) is 41.8 Å². The standard InChI is InChI=1S/C15H17N3O3/c1-3-4-14(19)16-11-5-7-12(8-6-11)17-15(20)13-9-10(2)18-21-13/h5-9H,3-4H2,1-2H3,(H,16,19)(H,17,20). The van der Waals surface area contributed by atoms with Crippen molar-refractivity contribution in [3.63, 3.8) is 0 Å². The Morgan fingerprint density at radius 1 is 1.14 bits per heavy atom. The van der Waals surface area contributed by atoms with Crippen molar-refractivity contribution < 1.29 is 14.1 Å². The Balaban J connectivity index is 1.96. The summed E-state index contributed by atoms with van der Waals surface area (Å²) in [4.78, 5) is 23.3. The smallest absolute Gasteiger partial charge is 0.294 e. The Hall–Kier alpha value is -2.63. The molecular weight excluding hydrogens is 270 g/mol. The predicted molar refractivity (Wildman–Crippen MR) is 79.2 cm³/mol. The predicted octanol–water partition coefficient (Wildman–Crippen LogP) is 2.97. The third-order valence-corrected chi connectivity index (χ3v) is 2.76. The van der Waals surface area contributed by atoms with Crippen molar-refractivity contribution in [1.82, 2.24) is 5.16 Å². The van der Waals surface area contributed by atoms with Crippen LogP contribution in [-0.4, -0.2) is 17.0 Å². The average molecular weight is 287 g/mol. The lowest BCUT2D eigenvalue weighted by Crippen LogP contribution is -2.12. The zero-order valence-corrected chi connectivity index (χ0v) is 12.0. The zero-order chi connectivity index (χ0) is 15.2. The van der Waals surface area contributed by atoms with E-state index in [-0.39, 0.29) is 17.6 Å². The molecule has 0 fully saturated rings. The van der Waals surface area contributed by atoms with Crippen LogP contribution in [0.2, 0.25) is 0 Å². The first-order valence-corrected chi connectivity index (χ1v) is 6.73. The second-order valence-corrected chi connectivity index (χ2v) is 4.66. The number of nitrogens with one attached hydrogen (secondary N) is 2. The Bertz CT molecular complexity index is 632. The van der Waals surface area contributed by atoms with Gasteiger partial charge in [0.2, 0.25) is 11.7 Å². The Morgan fingerprint density at radius 2 is 1.76 bits per heavy atom. The summed E-state index contributed by atoms with van der Waals surface area (Å²) < 4.78 is 4.88. The molecule has 2 rings (SSSR count). The molecule has 110 valence electrons. The summed E-state index contributed by atoms with van der Waals surface area (Å²) >= 11 is 0. The van der Waals surface area contributed by atoms with Crippen LogP contribution in [0.1, 0.15) is 36.0 Å². The largest absolute Gasteiger partial charge is 0.351 e. The number of carbonyl (C=O) groups is 2. The fourth-order valence-corrected chi connectivity index (χ4v) is 1.75. The van der Waals surface area contributed by atoms with Crippen LogP contribution in [0.5, 0.6) is 0 Å². The number of benzene rings is 1. The van der Waals surface area contributed by atoms with Crippen molar-refractivity contribution in [1.29, 1.82) is 0 Å². The first kappa shape index (κ1) is 14.8. The first-order chi connectivity index (χ1) is 10.1. The molecule has 0 aliphatic carbocycles. The summed E-state index contributed by atoms with van der Waals surface area (Å²) in [6, 6.07) is 8.45. The maximum absolute atomic E-state index is 11.9. The monoisotopic (exact) mass is 287 g/mol. The van der Waals surface area contributed by atoms with Crippen LogP contribution in [-0.2, 0) is 4.79 Å². The second kappa shape index (κ2) is 6.69. The van der Waals surface area contributed by atoms with Crippen molar-refractivity contribution in [2.45, 2.75) is 26.7 Å². The van der Waals surface area contributed by atoms with E-state index < -0.39 is 0 Å². The fraction of sp³-hybridized carbons (Fsp3) is 0.267. The van der Waals surface area contributed by atoms with E-state index in [0.717, 1.165) is 6.42 Å². The van der Waals surface area contributed by atoms with E-state index in [9.17, 15) is 9.59 Å². The van der Waals surface area contributed by atoms with Gasteiger partial charge in [0.25, 0.3) is 5.91 Å². The lowest BCUT2D eigenvalue weighted by atomic mass is 10.2. The minimum Gasteiger partial charge on any atom is -0.351 e. The molecule has 21 heavy (non-hydrogen) atoms. The SMILES string of the molecule is CCCC(=O)Nc1ccc(NC(=O)c2cc(C)no2)cc1. The van der Waals surface area contributed by atoms with Crippen molar-refractivity contribution in [3.8, 4) is 0 Å². The molecule has 0 aliphatic rings. The molecule has 1 heterocycles. The van der Waals surface area contributed by atoms with Crippen LogP contribution in [0.25, 0.3) is 0 Å². The topological polar surface area (TPSA) is 84.2 Å². The average Bonchev–Trinajstić information content (AvgIpc) is 2.88. The molecule has 1 aromatic carbocycles. The number of hydrogen-bond donors (Lipinski definition) is 2. The summed E-state index contributed by atoms with van der Waals surface area (Å²) in [5.41, 5.74) is 1.96. The van der Waals surface area contributed by atoms with Crippen LogP contribution in [0.15, 0.2) is 34.9 Å². The molecular formula is C15H17N3O3. The molecule has 2 amide bonds. The van der Waals surface area contributed by atoms with Gasteiger partial charge in [0.1, 0.15) is 0 Å². The number of aromatic nitrogens is 1. The van der Waals surface area contributed by atoms with Crippen LogP contribution >= 0.6 is 0 Å². The molecule has 0 unspecified atom stereocenters. The number of anilines is 2. The van der Waals surface area contributed by atoms with Gasteiger partial charge in [-0.3, -0.25) is 9.59 Å². The highest BCUT2D eigenvalue weighted by Gasteiger charge is 2.11. The van der Waals surface area contributed by atoms with E-state index in [1.807, 2.05) is 6.92 Å². The van der Waals surface area contributed by atoms with Gasteiger partial charge >= 0.3 is 0 Å². The molecule has 6 nitrogen and oxygen atoms in total.